The largest absolute Gasteiger partial charge is 0.269 e. The molecule has 0 spiro atoms. The predicted molar refractivity (Wildman–Crippen MR) is 54.4 cm³/mol. The maximum absolute atomic E-state index is 4.17. The van der Waals surface area contributed by atoms with E-state index >= 15 is 0 Å². The van der Waals surface area contributed by atoms with E-state index in [1.807, 2.05) is 18.5 Å². The van der Waals surface area contributed by atoms with E-state index < -0.39 is 0 Å². The minimum Gasteiger partial charge on any atom is -0.269 e. The summed E-state index contributed by atoms with van der Waals surface area (Å²) in [5, 5.41) is 0. The Morgan fingerprint density at radius 2 is 2.25 bits per heavy atom. The molecule has 0 aromatic heterocycles. The highest BCUT2D eigenvalue weighted by atomic mass is 14.7. The third-order valence-corrected chi connectivity index (χ3v) is 2.10. The van der Waals surface area contributed by atoms with Gasteiger partial charge in [-0.3, -0.25) is 4.99 Å². The first-order valence-corrected chi connectivity index (χ1v) is 4.73. The Balaban J connectivity index is 2.44. The quantitative estimate of drug-likeness (QED) is 0.519. The Morgan fingerprint density at radius 1 is 1.33 bits per heavy atom. The van der Waals surface area contributed by atoms with Crippen molar-refractivity contribution in [1.82, 2.24) is 0 Å². The molecule has 0 fully saturated rings. The van der Waals surface area contributed by atoms with Gasteiger partial charge in [-0.25, -0.2) is 0 Å². The molecule has 0 radical (unpaired) electrons. The van der Waals surface area contributed by atoms with Gasteiger partial charge in [0.05, 0.1) is 0 Å². The minimum absolute atomic E-state index is 0.786. The molecule has 12 heavy (non-hydrogen) atoms. The molecule has 0 amide bonds. The Hall–Kier alpha value is -0.850. The monoisotopic (exact) mass is 163 g/mol. The van der Waals surface area contributed by atoms with Gasteiger partial charge >= 0.3 is 0 Å². The standard InChI is InChI=1S/C11H17N/c1-11-7-5-3-2-4-6-9-12-10-8-11/h2,4,6,9-11H,3,5,7-8H2,1H3/b4-2+,9-6+,12-10?. The van der Waals surface area contributed by atoms with E-state index in [4.69, 9.17) is 0 Å². The summed E-state index contributed by atoms with van der Waals surface area (Å²) in [6.45, 7) is 2.29. The zero-order valence-corrected chi connectivity index (χ0v) is 7.74. The smallest absolute Gasteiger partial charge is 0.0263 e. The molecule has 1 aliphatic rings. The van der Waals surface area contributed by atoms with Crippen molar-refractivity contribution >= 4 is 6.21 Å². The van der Waals surface area contributed by atoms with Gasteiger partial charge in [-0.2, -0.15) is 0 Å². The normalized spacial score (nSPS) is 30.6. The van der Waals surface area contributed by atoms with Gasteiger partial charge in [0.2, 0.25) is 0 Å². The highest BCUT2D eigenvalue weighted by molar-refractivity contribution is 5.58. The number of nitrogens with zero attached hydrogens (tertiary/aromatic N) is 1. The molecule has 1 rings (SSSR count). The molecule has 0 saturated carbocycles. The number of hydrogen-bond donors (Lipinski definition) is 0. The van der Waals surface area contributed by atoms with E-state index in [1.54, 1.807) is 0 Å². The third kappa shape index (κ3) is 4.12. The van der Waals surface area contributed by atoms with Gasteiger partial charge in [-0.15, -0.1) is 0 Å². The van der Waals surface area contributed by atoms with Crippen LogP contribution in [0.5, 0.6) is 0 Å². The van der Waals surface area contributed by atoms with Crippen LogP contribution in [-0.4, -0.2) is 6.21 Å². The Bertz CT molecular complexity index is 189. The maximum Gasteiger partial charge on any atom is 0.0263 e. The van der Waals surface area contributed by atoms with Crippen molar-refractivity contribution in [3.05, 3.63) is 24.4 Å². The van der Waals surface area contributed by atoms with Crippen LogP contribution in [-0.2, 0) is 0 Å². The van der Waals surface area contributed by atoms with Crippen LogP contribution in [0.25, 0.3) is 0 Å². The molecule has 0 aromatic rings. The van der Waals surface area contributed by atoms with Crippen LogP contribution in [0.3, 0.4) is 0 Å². The van der Waals surface area contributed by atoms with Gasteiger partial charge in [-0.05, 0) is 31.3 Å². The highest BCUT2D eigenvalue weighted by Gasteiger charge is 1.98. The van der Waals surface area contributed by atoms with Gasteiger partial charge in [0.25, 0.3) is 0 Å². The van der Waals surface area contributed by atoms with Crippen molar-refractivity contribution in [2.75, 3.05) is 0 Å². The molecule has 66 valence electrons. The second-order valence-electron chi connectivity index (χ2n) is 3.37. The van der Waals surface area contributed by atoms with Crippen LogP contribution < -0.4 is 0 Å². The zero-order valence-electron chi connectivity index (χ0n) is 7.74. The summed E-state index contributed by atoms with van der Waals surface area (Å²) in [5.74, 6) is 0.786. The molecular weight excluding hydrogens is 146 g/mol. The van der Waals surface area contributed by atoms with E-state index in [-0.39, 0.29) is 0 Å². The summed E-state index contributed by atoms with van der Waals surface area (Å²) in [6, 6.07) is 0. The van der Waals surface area contributed by atoms with Gasteiger partial charge in [0.15, 0.2) is 0 Å². The fourth-order valence-electron chi connectivity index (χ4n) is 1.28. The zero-order chi connectivity index (χ0) is 8.65. The molecule has 0 bridgehead atoms. The first-order chi connectivity index (χ1) is 5.89. The maximum atomic E-state index is 4.17. The predicted octanol–water partition coefficient (Wildman–Crippen LogP) is 3.34. The molecule has 0 aliphatic carbocycles. The van der Waals surface area contributed by atoms with Gasteiger partial charge in [-0.1, -0.05) is 25.5 Å². The van der Waals surface area contributed by atoms with Crippen LogP contribution in [0.15, 0.2) is 29.4 Å². The van der Waals surface area contributed by atoms with Crippen molar-refractivity contribution < 1.29 is 0 Å². The molecule has 0 aromatic carbocycles. The van der Waals surface area contributed by atoms with Crippen molar-refractivity contribution in [2.45, 2.75) is 32.6 Å². The highest BCUT2D eigenvalue weighted by Crippen LogP contribution is 2.11. The van der Waals surface area contributed by atoms with Gasteiger partial charge < -0.3 is 0 Å². The molecule has 1 heterocycles. The lowest BCUT2D eigenvalue weighted by molar-refractivity contribution is 0.534. The fourth-order valence-corrected chi connectivity index (χ4v) is 1.28. The van der Waals surface area contributed by atoms with E-state index in [0.717, 1.165) is 12.3 Å². The lowest BCUT2D eigenvalue weighted by Crippen LogP contribution is -1.94. The van der Waals surface area contributed by atoms with Crippen LogP contribution in [0.2, 0.25) is 0 Å². The van der Waals surface area contributed by atoms with Crippen LogP contribution >= 0.6 is 0 Å². The van der Waals surface area contributed by atoms with Crippen molar-refractivity contribution in [3.8, 4) is 0 Å². The molecular formula is C11H17N. The first kappa shape index (κ1) is 9.24. The van der Waals surface area contributed by atoms with Crippen LogP contribution in [0, 0.1) is 5.92 Å². The van der Waals surface area contributed by atoms with E-state index in [2.05, 4.69) is 24.1 Å². The Labute approximate surface area is 74.9 Å². The van der Waals surface area contributed by atoms with E-state index in [1.165, 1.54) is 19.3 Å². The number of rotatable bonds is 0. The topological polar surface area (TPSA) is 12.4 Å². The summed E-state index contributed by atoms with van der Waals surface area (Å²) < 4.78 is 0. The van der Waals surface area contributed by atoms with Crippen molar-refractivity contribution in [3.63, 3.8) is 0 Å². The lowest BCUT2D eigenvalue weighted by atomic mass is 10.0. The summed E-state index contributed by atoms with van der Waals surface area (Å²) in [4.78, 5) is 4.17. The molecule has 1 atom stereocenters. The number of allylic oxidation sites excluding steroid dienone is 3. The fraction of sp³-hybridized carbons (Fsp3) is 0.545. The van der Waals surface area contributed by atoms with Crippen LogP contribution in [0.4, 0.5) is 0 Å². The molecule has 1 aliphatic heterocycles. The molecule has 1 nitrogen and oxygen atoms in total. The summed E-state index contributed by atoms with van der Waals surface area (Å²) in [6.07, 6.45) is 15.1. The number of aliphatic imine (C=N–C) groups is 1. The molecule has 1 unspecified atom stereocenters. The Kier molecular flexibility index (Phi) is 4.43. The van der Waals surface area contributed by atoms with Crippen LogP contribution in [0.1, 0.15) is 32.6 Å². The summed E-state index contributed by atoms with van der Waals surface area (Å²) in [7, 11) is 0. The molecule has 0 saturated heterocycles. The van der Waals surface area contributed by atoms with Gasteiger partial charge in [0, 0.05) is 12.4 Å². The van der Waals surface area contributed by atoms with Crippen molar-refractivity contribution in [1.29, 1.82) is 0 Å². The third-order valence-electron chi connectivity index (χ3n) is 2.10. The van der Waals surface area contributed by atoms with Crippen molar-refractivity contribution in [2.24, 2.45) is 10.9 Å². The molecule has 1 heteroatoms. The van der Waals surface area contributed by atoms with E-state index in [9.17, 15) is 0 Å². The average molecular weight is 163 g/mol. The number of hydrogen-bond acceptors (Lipinski definition) is 1. The second kappa shape index (κ2) is 5.76. The lowest BCUT2D eigenvalue weighted by Gasteiger charge is -2.05. The van der Waals surface area contributed by atoms with E-state index in [0.29, 0.717) is 0 Å². The summed E-state index contributed by atoms with van der Waals surface area (Å²) in [5.41, 5.74) is 0. The SMILES string of the molecule is CC1CC=N/C=C/C=C/CCC1. The average Bonchev–Trinajstić information content (AvgIpc) is 2.11. The summed E-state index contributed by atoms with van der Waals surface area (Å²) >= 11 is 0. The first-order valence-electron chi connectivity index (χ1n) is 4.73. The minimum atomic E-state index is 0.786. The molecule has 0 N–H and O–H groups in total. The Morgan fingerprint density at radius 3 is 3.17 bits per heavy atom. The van der Waals surface area contributed by atoms with Gasteiger partial charge in [0.1, 0.15) is 0 Å². The second-order valence-corrected chi connectivity index (χ2v) is 3.37.